The normalized spacial score (nSPS) is 11.9. The van der Waals surface area contributed by atoms with Gasteiger partial charge < -0.3 is 15.7 Å². The SMILES string of the molecule is C#Cc1csc2c(NCc3ccccc3)nc(NCC(C)O)nc12. The Labute approximate surface area is 144 Å². The molecule has 0 spiro atoms. The number of benzene rings is 1. The van der Waals surface area contributed by atoms with Crippen molar-refractivity contribution in [3.63, 3.8) is 0 Å². The molecule has 0 radical (unpaired) electrons. The van der Waals surface area contributed by atoms with E-state index in [4.69, 9.17) is 6.42 Å². The number of thiophene rings is 1. The molecule has 1 atom stereocenters. The van der Waals surface area contributed by atoms with E-state index in [1.165, 1.54) is 11.3 Å². The van der Waals surface area contributed by atoms with Gasteiger partial charge in [-0.3, -0.25) is 0 Å². The van der Waals surface area contributed by atoms with Gasteiger partial charge in [0.15, 0.2) is 0 Å². The fraction of sp³-hybridized carbons (Fsp3) is 0.222. The standard InChI is InChI=1S/C18H18N4OS/c1-3-14-11-24-16-15(14)21-18(20-9-12(2)23)22-17(16)19-10-13-7-5-4-6-8-13/h1,4-8,11-12,23H,9-10H2,2H3,(H2,19,20,21,22). The molecular formula is C18H18N4OS. The Bertz CT molecular complexity index is 868. The van der Waals surface area contributed by atoms with Gasteiger partial charge in [0.2, 0.25) is 5.95 Å². The van der Waals surface area contributed by atoms with Crippen LogP contribution in [0.3, 0.4) is 0 Å². The molecule has 3 N–H and O–H groups in total. The Balaban J connectivity index is 1.92. The first-order chi connectivity index (χ1) is 11.7. The van der Waals surface area contributed by atoms with Crippen molar-refractivity contribution in [1.29, 1.82) is 0 Å². The minimum Gasteiger partial charge on any atom is -0.392 e. The highest BCUT2D eigenvalue weighted by Gasteiger charge is 2.13. The smallest absolute Gasteiger partial charge is 0.225 e. The minimum atomic E-state index is -0.486. The van der Waals surface area contributed by atoms with Crippen LogP contribution in [0.2, 0.25) is 0 Å². The quantitative estimate of drug-likeness (QED) is 0.603. The van der Waals surface area contributed by atoms with Crippen LogP contribution in [0.15, 0.2) is 35.7 Å². The fourth-order valence-electron chi connectivity index (χ4n) is 2.24. The highest BCUT2D eigenvalue weighted by molar-refractivity contribution is 7.18. The molecule has 3 rings (SSSR count). The molecule has 5 nitrogen and oxygen atoms in total. The van der Waals surface area contributed by atoms with Crippen molar-refractivity contribution >= 4 is 33.3 Å². The number of nitrogens with zero attached hydrogens (tertiary/aromatic N) is 2. The summed E-state index contributed by atoms with van der Waals surface area (Å²) in [7, 11) is 0. The van der Waals surface area contributed by atoms with Crippen molar-refractivity contribution in [2.24, 2.45) is 0 Å². The molecule has 1 aromatic carbocycles. The van der Waals surface area contributed by atoms with Crippen molar-refractivity contribution < 1.29 is 5.11 Å². The van der Waals surface area contributed by atoms with Gasteiger partial charge in [0, 0.05) is 18.5 Å². The first-order valence-corrected chi connectivity index (χ1v) is 8.51. The van der Waals surface area contributed by atoms with Gasteiger partial charge >= 0.3 is 0 Å². The minimum absolute atomic E-state index is 0.374. The number of nitrogens with one attached hydrogen (secondary N) is 2. The van der Waals surface area contributed by atoms with Crippen molar-refractivity contribution in [2.75, 3.05) is 17.2 Å². The molecule has 0 amide bonds. The maximum Gasteiger partial charge on any atom is 0.225 e. The second-order valence-corrected chi connectivity index (χ2v) is 6.32. The number of terminal acetylenes is 1. The summed E-state index contributed by atoms with van der Waals surface area (Å²) < 4.78 is 0.932. The van der Waals surface area contributed by atoms with Crippen LogP contribution in [0, 0.1) is 12.3 Å². The van der Waals surface area contributed by atoms with E-state index < -0.39 is 6.10 Å². The number of anilines is 2. The summed E-state index contributed by atoms with van der Waals surface area (Å²) in [6, 6.07) is 10.1. The van der Waals surface area contributed by atoms with Gasteiger partial charge in [0.25, 0.3) is 0 Å². The molecule has 0 saturated carbocycles. The van der Waals surface area contributed by atoms with E-state index in [0.717, 1.165) is 27.2 Å². The van der Waals surface area contributed by atoms with Gasteiger partial charge in [-0.15, -0.1) is 17.8 Å². The molecule has 24 heavy (non-hydrogen) atoms. The van der Waals surface area contributed by atoms with Crippen LogP contribution >= 0.6 is 11.3 Å². The van der Waals surface area contributed by atoms with E-state index in [0.29, 0.717) is 19.0 Å². The summed E-state index contributed by atoms with van der Waals surface area (Å²) in [6.07, 6.45) is 5.08. The topological polar surface area (TPSA) is 70.1 Å². The van der Waals surface area contributed by atoms with E-state index in [-0.39, 0.29) is 0 Å². The van der Waals surface area contributed by atoms with Gasteiger partial charge in [0.1, 0.15) is 11.3 Å². The average molecular weight is 338 g/mol. The molecule has 3 aromatic rings. The van der Waals surface area contributed by atoms with Gasteiger partial charge in [-0.1, -0.05) is 36.3 Å². The fourth-order valence-corrected chi connectivity index (χ4v) is 3.15. The molecular weight excluding hydrogens is 320 g/mol. The first-order valence-electron chi connectivity index (χ1n) is 7.63. The third-order valence-electron chi connectivity index (χ3n) is 3.43. The van der Waals surface area contributed by atoms with Crippen molar-refractivity contribution in [3.8, 4) is 12.3 Å². The first kappa shape index (κ1) is 16.2. The molecule has 0 saturated heterocycles. The Hall–Kier alpha value is -2.62. The van der Waals surface area contributed by atoms with Crippen LogP contribution in [-0.4, -0.2) is 27.7 Å². The lowest BCUT2D eigenvalue weighted by atomic mass is 10.2. The summed E-state index contributed by atoms with van der Waals surface area (Å²) in [5.41, 5.74) is 2.66. The van der Waals surface area contributed by atoms with E-state index in [1.807, 2.05) is 23.6 Å². The predicted octanol–water partition coefficient (Wildman–Crippen LogP) is 3.08. The molecule has 2 heterocycles. The Morgan fingerprint density at radius 3 is 2.75 bits per heavy atom. The van der Waals surface area contributed by atoms with Gasteiger partial charge in [-0.2, -0.15) is 4.98 Å². The maximum atomic E-state index is 9.45. The maximum absolute atomic E-state index is 9.45. The largest absolute Gasteiger partial charge is 0.392 e. The van der Waals surface area contributed by atoms with Crippen molar-refractivity contribution in [2.45, 2.75) is 19.6 Å². The molecule has 0 bridgehead atoms. The van der Waals surface area contributed by atoms with E-state index in [1.54, 1.807) is 6.92 Å². The molecule has 0 fully saturated rings. The predicted molar refractivity (Wildman–Crippen MR) is 99.3 cm³/mol. The summed E-state index contributed by atoms with van der Waals surface area (Å²) in [5.74, 6) is 3.85. The lowest BCUT2D eigenvalue weighted by Crippen LogP contribution is -2.17. The number of rotatable bonds is 6. The molecule has 1 unspecified atom stereocenters. The second kappa shape index (κ2) is 7.30. The Morgan fingerprint density at radius 2 is 2.04 bits per heavy atom. The summed E-state index contributed by atoms with van der Waals surface area (Å²) in [6.45, 7) is 2.74. The van der Waals surface area contributed by atoms with Gasteiger partial charge in [0.05, 0.1) is 16.4 Å². The summed E-state index contributed by atoms with van der Waals surface area (Å²) in [5, 5.41) is 17.8. The highest BCUT2D eigenvalue weighted by Crippen LogP contribution is 2.30. The van der Waals surface area contributed by atoms with Crippen LogP contribution < -0.4 is 10.6 Å². The van der Waals surface area contributed by atoms with Crippen LogP contribution in [0.25, 0.3) is 10.2 Å². The van der Waals surface area contributed by atoms with Crippen LogP contribution in [0.1, 0.15) is 18.1 Å². The molecule has 122 valence electrons. The molecule has 0 aliphatic heterocycles. The number of aliphatic hydroxyl groups excluding tert-OH is 1. The van der Waals surface area contributed by atoms with Gasteiger partial charge in [-0.25, -0.2) is 4.98 Å². The summed E-state index contributed by atoms with van der Waals surface area (Å²) in [4.78, 5) is 9.02. The van der Waals surface area contributed by atoms with E-state index in [9.17, 15) is 5.11 Å². The van der Waals surface area contributed by atoms with Crippen LogP contribution in [-0.2, 0) is 6.54 Å². The number of hydrogen-bond acceptors (Lipinski definition) is 6. The molecule has 2 aromatic heterocycles. The Kier molecular flexibility index (Phi) is 4.94. The number of hydrogen-bond donors (Lipinski definition) is 3. The van der Waals surface area contributed by atoms with Crippen LogP contribution in [0.5, 0.6) is 0 Å². The third-order valence-corrected chi connectivity index (χ3v) is 4.41. The zero-order valence-corrected chi connectivity index (χ0v) is 14.1. The number of aromatic nitrogens is 2. The lowest BCUT2D eigenvalue weighted by molar-refractivity contribution is 0.208. The highest BCUT2D eigenvalue weighted by atomic mass is 32.1. The molecule has 6 heteroatoms. The molecule has 0 aliphatic rings. The lowest BCUT2D eigenvalue weighted by Gasteiger charge is -2.11. The summed E-state index contributed by atoms with van der Waals surface area (Å²) >= 11 is 1.53. The second-order valence-electron chi connectivity index (χ2n) is 5.44. The monoisotopic (exact) mass is 338 g/mol. The van der Waals surface area contributed by atoms with E-state index >= 15 is 0 Å². The van der Waals surface area contributed by atoms with E-state index in [2.05, 4.69) is 38.7 Å². The van der Waals surface area contributed by atoms with Crippen molar-refractivity contribution in [3.05, 3.63) is 46.8 Å². The molecule has 0 aliphatic carbocycles. The number of aliphatic hydroxyl groups is 1. The van der Waals surface area contributed by atoms with Gasteiger partial charge in [-0.05, 0) is 12.5 Å². The third kappa shape index (κ3) is 3.65. The average Bonchev–Trinajstić information content (AvgIpc) is 3.02. The van der Waals surface area contributed by atoms with Crippen LogP contribution in [0.4, 0.5) is 11.8 Å². The zero-order chi connectivity index (χ0) is 16.9. The van der Waals surface area contributed by atoms with Crippen molar-refractivity contribution in [1.82, 2.24) is 9.97 Å². The zero-order valence-electron chi connectivity index (χ0n) is 13.3. The number of fused-ring (bicyclic) bond motifs is 1. The Morgan fingerprint density at radius 1 is 1.25 bits per heavy atom.